The summed E-state index contributed by atoms with van der Waals surface area (Å²) in [7, 11) is 2.13. The van der Waals surface area contributed by atoms with E-state index in [4.69, 9.17) is 0 Å². The molecule has 1 aromatic carbocycles. The Morgan fingerprint density at radius 2 is 2.25 bits per heavy atom. The molecule has 1 aliphatic rings. The number of benzene rings is 1. The van der Waals surface area contributed by atoms with Gasteiger partial charge in [0.2, 0.25) is 0 Å². The number of carbonyl (C=O) groups excluding carboxylic acids is 1. The van der Waals surface area contributed by atoms with Gasteiger partial charge in [-0.25, -0.2) is 0 Å². The minimum absolute atomic E-state index is 0.193. The Balaban J connectivity index is 2.25. The van der Waals surface area contributed by atoms with E-state index in [1.54, 1.807) is 0 Å². The molecule has 16 heavy (non-hydrogen) atoms. The van der Waals surface area contributed by atoms with Crippen LogP contribution in [-0.2, 0) is 4.79 Å². The van der Waals surface area contributed by atoms with Crippen molar-refractivity contribution in [2.45, 2.75) is 19.3 Å². The summed E-state index contributed by atoms with van der Waals surface area (Å²) in [5, 5.41) is 0. The van der Waals surface area contributed by atoms with Gasteiger partial charge in [0.05, 0.1) is 0 Å². The van der Waals surface area contributed by atoms with Crippen LogP contribution >= 0.6 is 0 Å². The fraction of sp³-hybridized carbons (Fsp3) is 0.500. The van der Waals surface area contributed by atoms with Crippen LogP contribution in [0.3, 0.4) is 0 Å². The van der Waals surface area contributed by atoms with Crippen molar-refractivity contribution in [1.29, 1.82) is 0 Å². The number of piperidine rings is 1. The van der Waals surface area contributed by atoms with E-state index >= 15 is 0 Å². The summed E-state index contributed by atoms with van der Waals surface area (Å²) in [6, 6.07) is 8.54. The molecule has 1 saturated heterocycles. The number of aryl methyl sites for hydroxylation is 1. The van der Waals surface area contributed by atoms with Crippen molar-refractivity contribution in [3.05, 3.63) is 35.4 Å². The number of likely N-dealkylation sites (N-methyl/N-ethyl adjacent to an activating group) is 1. The molecule has 1 aromatic rings. The predicted octanol–water partition coefficient (Wildman–Crippen LogP) is 2.23. The highest BCUT2D eigenvalue weighted by Gasteiger charge is 2.28. The van der Waals surface area contributed by atoms with Crippen LogP contribution in [0.5, 0.6) is 0 Å². The van der Waals surface area contributed by atoms with Crippen LogP contribution < -0.4 is 0 Å². The Morgan fingerprint density at radius 3 is 2.94 bits per heavy atom. The lowest BCUT2D eigenvalue weighted by Gasteiger charge is -2.34. The Bertz CT molecular complexity index is 375. The maximum absolute atomic E-state index is 11.1. The van der Waals surface area contributed by atoms with Gasteiger partial charge < -0.3 is 9.69 Å². The Hall–Kier alpha value is -1.15. The summed E-state index contributed by atoms with van der Waals surface area (Å²) in [5.41, 5.74) is 2.58. The van der Waals surface area contributed by atoms with Crippen LogP contribution in [0.2, 0.25) is 0 Å². The van der Waals surface area contributed by atoms with E-state index in [2.05, 4.69) is 43.1 Å². The lowest BCUT2D eigenvalue weighted by atomic mass is 9.81. The first-order chi connectivity index (χ1) is 7.70. The summed E-state index contributed by atoms with van der Waals surface area (Å²) in [6.45, 7) is 4.13. The summed E-state index contributed by atoms with van der Waals surface area (Å²) in [6.07, 6.45) is 2.12. The van der Waals surface area contributed by atoms with Crippen LogP contribution in [0.1, 0.15) is 23.5 Å². The highest BCUT2D eigenvalue weighted by atomic mass is 16.1. The Labute approximate surface area is 97.3 Å². The molecule has 0 N–H and O–H groups in total. The second-order valence-corrected chi connectivity index (χ2v) is 4.87. The van der Waals surface area contributed by atoms with Crippen LogP contribution in [0, 0.1) is 12.8 Å². The molecule has 86 valence electrons. The van der Waals surface area contributed by atoms with Crippen LogP contribution in [-0.4, -0.2) is 31.3 Å². The Morgan fingerprint density at radius 1 is 1.44 bits per heavy atom. The molecule has 0 aliphatic carbocycles. The van der Waals surface area contributed by atoms with E-state index in [-0.39, 0.29) is 5.92 Å². The molecule has 0 bridgehead atoms. The molecule has 0 saturated carbocycles. The summed E-state index contributed by atoms with van der Waals surface area (Å²) in [5.74, 6) is 0.564. The monoisotopic (exact) mass is 217 g/mol. The molecule has 2 atom stereocenters. The standard InChI is InChI=1S/C14H19NO/c1-11-4-3-5-12(8-11)14-9-15(2)7-6-13(14)10-16/h3-5,8,10,13-14H,6-7,9H2,1-2H3. The highest BCUT2D eigenvalue weighted by Crippen LogP contribution is 2.30. The van der Waals surface area contributed by atoms with E-state index in [9.17, 15) is 4.79 Å². The fourth-order valence-corrected chi connectivity index (χ4v) is 2.55. The van der Waals surface area contributed by atoms with E-state index in [1.807, 2.05) is 0 Å². The smallest absolute Gasteiger partial charge is 0.123 e. The Kier molecular flexibility index (Phi) is 3.39. The van der Waals surface area contributed by atoms with Crippen LogP contribution in [0.25, 0.3) is 0 Å². The van der Waals surface area contributed by atoms with Gasteiger partial charge in [0.25, 0.3) is 0 Å². The number of likely N-dealkylation sites (tertiary alicyclic amines) is 1. The van der Waals surface area contributed by atoms with E-state index in [1.165, 1.54) is 11.1 Å². The first-order valence-corrected chi connectivity index (χ1v) is 5.91. The largest absolute Gasteiger partial charge is 0.306 e. The highest BCUT2D eigenvalue weighted by molar-refractivity contribution is 5.56. The van der Waals surface area contributed by atoms with Gasteiger partial charge >= 0.3 is 0 Å². The molecule has 0 amide bonds. The topological polar surface area (TPSA) is 20.3 Å². The average molecular weight is 217 g/mol. The third-order valence-corrected chi connectivity index (χ3v) is 3.51. The maximum Gasteiger partial charge on any atom is 0.123 e. The average Bonchev–Trinajstić information content (AvgIpc) is 2.29. The zero-order valence-corrected chi connectivity index (χ0v) is 10.0. The van der Waals surface area contributed by atoms with Gasteiger partial charge in [0.15, 0.2) is 0 Å². The summed E-state index contributed by atoms with van der Waals surface area (Å²) < 4.78 is 0. The summed E-state index contributed by atoms with van der Waals surface area (Å²) >= 11 is 0. The minimum atomic E-state index is 0.193. The van der Waals surface area contributed by atoms with E-state index in [0.717, 1.165) is 25.8 Å². The van der Waals surface area contributed by atoms with Crippen LogP contribution in [0.15, 0.2) is 24.3 Å². The van der Waals surface area contributed by atoms with Gasteiger partial charge in [-0.3, -0.25) is 0 Å². The van der Waals surface area contributed by atoms with Crippen molar-refractivity contribution in [3.8, 4) is 0 Å². The van der Waals surface area contributed by atoms with Gasteiger partial charge in [-0.1, -0.05) is 29.8 Å². The zero-order chi connectivity index (χ0) is 11.5. The predicted molar refractivity (Wildman–Crippen MR) is 65.6 cm³/mol. The number of hydrogen-bond acceptors (Lipinski definition) is 2. The molecule has 1 aliphatic heterocycles. The molecule has 0 radical (unpaired) electrons. The molecule has 2 rings (SSSR count). The number of nitrogens with zero attached hydrogens (tertiary/aromatic N) is 1. The summed E-state index contributed by atoms with van der Waals surface area (Å²) in [4.78, 5) is 13.4. The number of carbonyl (C=O) groups is 1. The van der Waals surface area contributed by atoms with Gasteiger partial charge in [-0.15, -0.1) is 0 Å². The molecule has 1 fully saturated rings. The fourth-order valence-electron chi connectivity index (χ4n) is 2.55. The van der Waals surface area contributed by atoms with E-state index in [0.29, 0.717) is 5.92 Å². The number of rotatable bonds is 2. The molecule has 0 spiro atoms. The minimum Gasteiger partial charge on any atom is -0.306 e. The van der Waals surface area contributed by atoms with Crippen LogP contribution in [0.4, 0.5) is 0 Å². The van der Waals surface area contributed by atoms with Crippen molar-refractivity contribution >= 4 is 6.29 Å². The van der Waals surface area contributed by atoms with Crippen molar-refractivity contribution in [2.24, 2.45) is 5.92 Å². The van der Waals surface area contributed by atoms with E-state index < -0.39 is 0 Å². The van der Waals surface area contributed by atoms with Gasteiger partial charge in [-0.2, -0.15) is 0 Å². The molecule has 2 nitrogen and oxygen atoms in total. The third kappa shape index (κ3) is 2.33. The van der Waals surface area contributed by atoms with Gasteiger partial charge in [-0.05, 0) is 32.5 Å². The SMILES string of the molecule is Cc1cccc(C2CN(C)CCC2C=O)c1. The number of hydrogen-bond donors (Lipinski definition) is 0. The van der Waals surface area contributed by atoms with Crippen molar-refractivity contribution in [3.63, 3.8) is 0 Å². The number of aldehydes is 1. The lowest BCUT2D eigenvalue weighted by Crippen LogP contribution is -2.37. The molecule has 2 heteroatoms. The lowest BCUT2D eigenvalue weighted by molar-refractivity contribution is -0.112. The zero-order valence-electron chi connectivity index (χ0n) is 10.0. The first-order valence-electron chi connectivity index (χ1n) is 5.91. The molecular weight excluding hydrogens is 198 g/mol. The quantitative estimate of drug-likeness (QED) is 0.708. The van der Waals surface area contributed by atoms with Gasteiger partial charge in [0.1, 0.15) is 6.29 Å². The van der Waals surface area contributed by atoms with Crippen molar-refractivity contribution < 1.29 is 4.79 Å². The van der Waals surface area contributed by atoms with Crippen molar-refractivity contribution in [1.82, 2.24) is 4.90 Å². The normalized spacial score (nSPS) is 26.6. The molecular formula is C14H19NO. The van der Waals surface area contributed by atoms with Crippen molar-refractivity contribution in [2.75, 3.05) is 20.1 Å². The molecule has 2 unspecified atom stereocenters. The molecule has 1 heterocycles. The van der Waals surface area contributed by atoms with Gasteiger partial charge in [0, 0.05) is 18.4 Å². The second kappa shape index (κ2) is 4.79. The first kappa shape index (κ1) is 11.3. The maximum atomic E-state index is 11.1. The second-order valence-electron chi connectivity index (χ2n) is 4.87. The third-order valence-electron chi connectivity index (χ3n) is 3.51. The molecule has 0 aromatic heterocycles.